The molecule has 1 saturated carbocycles. The van der Waals surface area contributed by atoms with Gasteiger partial charge in [0.05, 0.1) is 6.61 Å². The lowest BCUT2D eigenvalue weighted by Crippen LogP contribution is -2.51. The first-order valence-corrected chi connectivity index (χ1v) is 10.8. The third-order valence-electron chi connectivity index (χ3n) is 6.05. The van der Waals surface area contributed by atoms with Gasteiger partial charge in [0.15, 0.2) is 11.8 Å². The van der Waals surface area contributed by atoms with Gasteiger partial charge in [-0.05, 0) is 32.6 Å². The van der Waals surface area contributed by atoms with Gasteiger partial charge in [0.1, 0.15) is 12.4 Å². The summed E-state index contributed by atoms with van der Waals surface area (Å²) in [5.41, 5.74) is 0. The Hall–Kier alpha value is -0.940. The fourth-order valence-electron chi connectivity index (χ4n) is 4.03. The lowest BCUT2D eigenvalue weighted by molar-refractivity contribution is 0.128. The molecule has 1 aromatic heterocycles. The molecule has 0 amide bonds. The van der Waals surface area contributed by atoms with Crippen LogP contribution in [-0.2, 0) is 18.3 Å². The third-order valence-corrected chi connectivity index (χ3v) is 6.05. The number of ether oxygens (including phenoxy) is 1. The lowest BCUT2D eigenvalue weighted by Gasteiger charge is -2.34. The van der Waals surface area contributed by atoms with Gasteiger partial charge in [0.2, 0.25) is 0 Å². The van der Waals surface area contributed by atoms with Crippen LogP contribution in [0.1, 0.15) is 56.6 Å². The van der Waals surface area contributed by atoms with Gasteiger partial charge in [0.25, 0.3) is 0 Å². The van der Waals surface area contributed by atoms with Crippen molar-refractivity contribution in [3.05, 3.63) is 11.6 Å². The van der Waals surface area contributed by atoms with Gasteiger partial charge in [-0.15, -0.1) is 34.2 Å². The molecule has 2 N–H and O–H groups in total. The molecule has 2 fully saturated rings. The largest absolute Gasteiger partial charge is 0.383 e. The molecule has 0 aromatic carbocycles. The number of likely N-dealkylation sites (tertiary alicyclic amines) is 1. The molecule has 9 heteroatoms. The predicted octanol–water partition coefficient (Wildman–Crippen LogP) is 2.22. The summed E-state index contributed by atoms with van der Waals surface area (Å²) in [5.74, 6) is 2.75. The van der Waals surface area contributed by atoms with E-state index in [2.05, 4.69) is 25.7 Å². The van der Waals surface area contributed by atoms with Crippen LogP contribution in [0.2, 0.25) is 0 Å². The molecule has 1 aliphatic carbocycles. The second kappa shape index (κ2) is 12.7. The summed E-state index contributed by atoms with van der Waals surface area (Å²) >= 11 is 0. The molecule has 2 heterocycles. The summed E-state index contributed by atoms with van der Waals surface area (Å²) in [6.07, 6.45) is 8.72. The Bertz CT molecular complexity index is 622. The lowest BCUT2D eigenvalue weighted by atomic mass is 9.95. The molecule has 8 nitrogen and oxygen atoms in total. The van der Waals surface area contributed by atoms with Crippen LogP contribution in [0.25, 0.3) is 0 Å². The number of nitrogens with one attached hydrogen (secondary N) is 2. The summed E-state index contributed by atoms with van der Waals surface area (Å²) in [4.78, 5) is 7.34. The van der Waals surface area contributed by atoms with Crippen molar-refractivity contribution >= 4 is 29.9 Å². The molecule has 0 bridgehead atoms. The van der Waals surface area contributed by atoms with Gasteiger partial charge in [-0.3, -0.25) is 0 Å². The average molecular weight is 519 g/mol. The fraction of sp³-hybridized carbons (Fsp3) is 0.850. The van der Waals surface area contributed by atoms with Gasteiger partial charge in [-0.1, -0.05) is 19.3 Å². The minimum absolute atomic E-state index is 0. The van der Waals surface area contributed by atoms with E-state index in [-0.39, 0.29) is 24.0 Å². The average Bonchev–Trinajstić information content (AvgIpc) is 3.04. The van der Waals surface area contributed by atoms with Crippen LogP contribution in [0.4, 0.5) is 0 Å². The van der Waals surface area contributed by atoms with Gasteiger partial charge < -0.3 is 24.8 Å². The van der Waals surface area contributed by atoms with Crippen LogP contribution in [0.15, 0.2) is 4.99 Å². The van der Waals surface area contributed by atoms with Crippen LogP contribution in [-0.4, -0.2) is 71.1 Å². The highest BCUT2D eigenvalue weighted by molar-refractivity contribution is 14.0. The SMILES string of the molecule is COCCN1CCC(NC(=NCc2nnc(C)n2C)NC2CCCCC2)CC1.I. The quantitative estimate of drug-likeness (QED) is 0.327. The summed E-state index contributed by atoms with van der Waals surface area (Å²) in [6.45, 7) is 6.57. The third kappa shape index (κ3) is 7.67. The minimum Gasteiger partial charge on any atom is -0.383 e. The number of hydrogen-bond acceptors (Lipinski definition) is 5. The molecule has 0 unspecified atom stereocenters. The Morgan fingerprint density at radius 1 is 1.07 bits per heavy atom. The van der Waals surface area contributed by atoms with Gasteiger partial charge in [-0.25, -0.2) is 4.99 Å². The number of aryl methyl sites for hydroxylation is 1. The van der Waals surface area contributed by atoms with Crippen molar-refractivity contribution < 1.29 is 4.74 Å². The van der Waals surface area contributed by atoms with Crippen LogP contribution in [0.3, 0.4) is 0 Å². The highest BCUT2D eigenvalue weighted by Crippen LogP contribution is 2.17. The summed E-state index contributed by atoms with van der Waals surface area (Å²) in [6, 6.07) is 0.998. The maximum absolute atomic E-state index is 5.21. The number of rotatable bonds is 7. The van der Waals surface area contributed by atoms with Crippen molar-refractivity contribution in [2.75, 3.05) is 33.4 Å². The molecular formula is C20H38IN7O. The molecular weight excluding hydrogens is 481 g/mol. The minimum atomic E-state index is 0. The van der Waals surface area contributed by atoms with E-state index < -0.39 is 0 Å². The number of nitrogens with zero attached hydrogens (tertiary/aromatic N) is 5. The Morgan fingerprint density at radius 2 is 1.72 bits per heavy atom. The van der Waals surface area contributed by atoms with Gasteiger partial charge >= 0.3 is 0 Å². The normalized spacial score (nSPS) is 19.8. The molecule has 0 spiro atoms. The Balaban J connectivity index is 0.00000300. The van der Waals surface area contributed by atoms with Crippen LogP contribution in [0, 0.1) is 6.92 Å². The number of hydrogen-bond donors (Lipinski definition) is 2. The molecule has 0 atom stereocenters. The van der Waals surface area contributed by atoms with E-state index in [0.29, 0.717) is 18.6 Å². The first-order valence-electron chi connectivity index (χ1n) is 10.8. The molecule has 2 aliphatic rings. The first-order chi connectivity index (χ1) is 13.7. The molecule has 3 rings (SSSR count). The number of halogens is 1. The second-order valence-electron chi connectivity index (χ2n) is 8.12. The van der Waals surface area contributed by atoms with E-state index in [1.54, 1.807) is 7.11 Å². The number of piperidine rings is 1. The van der Waals surface area contributed by atoms with Crippen LogP contribution in [0.5, 0.6) is 0 Å². The zero-order valence-electron chi connectivity index (χ0n) is 18.2. The zero-order valence-corrected chi connectivity index (χ0v) is 20.5. The van der Waals surface area contributed by atoms with E-state index >= 15 is 0 Å². The molecule has 1 saturated heterocycles. The fourth-order valence-corrected chi connectivity index (χ4v) is 4.03. The molecule has 29 heavy (non-hydrogen) atoms. The van der Waals surface area contributed by atoms with E-state index in [1.807, 2.05) is 18.5 Å². The summed E-state index contributed by atoms with van der Waals surface area (Å²) < 4.78 is 7.22. The monoisotopic (exact) mass is 519 g/mol. The number of aromatic nitrogens is 3. The second-order valence-corrected chi connectivity index (χ2v) is 8.12. The van der Waals surface area contributed by atoms with Crippen molar-refractivity contribution in [2.45, 2.75) is 70.5 Å². The van der Waals surface area contributed by atoms with E-state index in [9.17, 15) is 0 Å². The summed E-state index contributed by atoms with van der Waals surface area (Å²) in [7, 11) is 3.77. The van der Waals surface area contributed by atoms with E-state index in [0.717, 1.165) is 56.7 Å². The topological polar surface area (TPSA) is 79.6 Å². The van der Waals surface area contributed by atoms with Crippen LogP contribution < -0.4 is 10.6 Å². The van der Waals surface area contributed by atoms with Gasteiger partial charge in [0, 0.05) is 45.9 Å². The van der Waals surface area contributed by atoms with E-state index in [1.165, 1.54) is 32.1 Å². The van der Waals surface area contributed by atoms with Gasteiger partial charge in [-0.2, -0.15) is 0 Å². The van der Waals surface area contributed by atoms with Crippen molar-refractivity contribution in [2.24, 2.45) is 12.0 Å². The predicted molar refractivity (Wildman–Crippen MR) is 127 cm³/mol. The zero-order chi connectivity index (χ0) is 19.8. The first kappa shape index (κ1) is 24.3. The number of aliphatic imine (C=N–C) groups is 1. The Kier molecular flexibility index (Phi) is 10.6. The van der Waals surface area contributed by atoms with Crippen LogP contribution >= 0.6 is 24.0 Å². The maximum Gasteiger partial charge on any atom is 0.192 e. The molecule has 0 radical (unpaired) electrons. The Labute approximate surface area is 192 Å². The van der Waals surface area contributed by atoms with E-state index in [4.69, 9.17) is 9.73 Å². The van der Waals surface area contributed by atoms with Crippen molar-refractivity contribution in [3.8, 4) is 0 Å². The van der Waals surface area contributed by atoms with Crippen molar-refractivity contribution in [1.82, 2.24) is 30.3 Å². The highest BCUT2D eigenvalue weighted by atomic mass is 127. The maximum atomic E-state index is 5.21. The Morgan fingerprint density at radius 3 is 2.31 bits per heavy atom. The molecule has 1 aliphatic heterocycles. The van der Waals surface area contributed by atoms with Crippen molar-refractivity contribution in [1.29, 1.82) is 0 Å². The number of guanidine groups is 1. The smallest absolute Gasteiger partial charge is 0.192 e. The highest BCUT2D eigenvalue weighted by Gasteiger charge is 2.21. The van der Waals surface area contributed by atoms with Crippen molar-refractivity contribution in [3.63, 3.8) is 0 Å². The number of methoxy groups -OCH3 is 1. The summed E-state index contributed by atoms with van der Waals surface area (Å²) in [5, 5.41) is 15.8. The molecule has 1 aromatic rings. The molecule has 166 valence electrons. The standard InChI is InChI=1S/C20H37N7O.HI/c1-16-24-25-19(26(16)2)15-21-20(22-17-7-5-4-6-8-17)23-18-9-11-27(12-10-18)13-14-28-3;/h17-18H,4-15H2,1-3H3,(H2,21,22,23);1H.